The normalized spacial score (nSPS) is 15.3. The maximum Gasteiger partial charge on any atom is 0.318 e. The van der Waals surface area contributed by atoms with Crippen molar-refractivity contribution in [1.29, 1.82) is 0 Å². The van der Waals surface area contributed by atoms with E-state index in [1.165, 1.54) is 10.4 Å². The number of carbonyl (C=O) groups excluding carboxylic acids is 2. The third-order valence-electron chi connectivity index (χ3n) is 2.80. The van der Waals surface area contributed by atoms with Gasteiger partial charge in [0.15, 0.2) is 0 Å². The predicted octanol–water partition coefficient (Wildman–Crippen LogP) is 0.691. The van der Waals surface area contributed by atoms with Gasteiger partial charge in [0, 0.05) is 30.9 Å². The number of rotatable bonds is 3. The van der Waals surface area contributed by atoms with Crippen molar-refractivity contribution >= 4 is 23.3 Å². The molecule has 17 heavy (non-hydrogen) atoms. The van der Waals surface area contributed by atoms with Gasteiger partial charge in [0.05, 0.1) is 0 Å². The molecule has 0 atom stereocenters. The Morgan fingerprint density at radius 1 is 1.53 bits per heavy atom. The highest BCUT2D eigenvalue weighted by Gasteiger charge is 2.17. The van der Waals surface area contributed by atoms with Gasteiger partial charge in [0.1, 0.15) is 0 Å². The molecule has 0 aromatic carbocycles. The molecular weight excluding hydrogens is 238 g/mol. The Morgan fingerprint density at radius 3 is 3.12 bits per heavy atom. The molecule has 1 aliphatic rings. The van der Waals surface area contributed by atoms with Crippen molar-refractivity contribution in [2.24, 2.45) is 5.73 Å². The first-order chi connectivity index (χ1) is 8.15. The summed E-state index contributed by atoms with van der Waals surface area (Å²) in [6, 6.07) is 1.35. The maximum absolute atomic E-state index is 11.3. The molecule has 1 aromatic rings. The minimum Gasteiger partial charge on any atom is -0.351 e. The average molecular weight is 253 g/mol. The van der Waals surface area contributed by atoms with Crippen molar-refractivity contribution in [2.75, 3.05) is 13.1 Å². The van der Waals surface area contributed by atoms with Gasteiger partial charge in [-0.15, -0.1) is 11.3 Å². The van der Waals surface area contributed by atoms with Gasteiger partial charge in [-0.25, -0.2) is 4.79 Å². The highest BCUT2D eigenvalue weighted by Crippen LogP contribution is 2.23. The Labute approximate surface area is 104 Å². The standard InChI is InChI=1S/C11H15N3O2S/c12-11(16)13-10(15)2-5-14-4-1-9-8(7-14)3-6-17-9/h3,6H,1-2,4-5,7H2,(H3,12,13,15,16). The first-order valence-electron chi connectivity index (χ1n) is 5.52. The third-order valence-corrected chi connectivity index (χ3v) is 3.83. The minimum atomic E-state index is -0.784. The molecule has 2 heterocycles. The molecule has 0 radical (unpaired) electrons. The van der Waals surface area contributed by atoms with Crippen LogP contribution < -0.4 is 11.1 Å². The highest BCUT2D eigenvalue weighted by molar-refractivity contribution is 7.10. The molecule has 92 valence electrons. The molecule has 3 amide bonds. The smallest absolute Gasteiger partial charge is 0.318 e. The van der Waals surface area contributed by atoms with Crippen molar-refractivity contribution in [3.05, 3.63) is 21.9 Å². The number of primary amides is 1. The van der Waals surface area contributed by atoms with Gasteiger partial charge in [0.2, 0.25) is 5.91 Å². The number of fused-ring (bicyclic) bond motifs is 1. The van der Waals surface area contributed by atoms with Gasteiger partial charge in [-0.1, -0.05) is 0 Å². The Bertz CT molecular complexity index is 430. The van der Waals surface area contributed by atoms with Crippen molar-refractivity contribution in [3.8, 4) is 0 Å². The third kappa shape index (κ3) is 3.28. The van der Waals surface area contributed by atoms with Gasteiger partial charge in [-0.2, -0.15) is 0 Å². The fourth-order valence-electron chi connectivity index (χ4n) is 1.96. The van der Waals surface area contributed by atoms with E-state index in [9.17, 15) is 9.59 Å². The first-order valence-corrected chi connectivity index (χ1v) is 6.40. The van der Waals surface area contributed by atoms with Crippen LogP contribution >= 0.6 is 11.3 Å². The number of urea groups is 1. The minimum absolute atomic E-state index is 0.308. The largest absolute Gasteiger partial charge is 0.351 e. The summed E-state index contributed by atoms with van der Waals surface area (Å²) in [5, 5.41) is 4.18. The maximum atomic E-state index is 11.3. The average Bonchev–Trinajstić information content (AvgIpc) is 2.72. The zero-order valence-electron chi connectivity index (χ0n) is 9.44. The van der Waals surface area contributed by atoms with Gasteiger partial charge >= 0.3 is 6.03 Å². The fourth-order valence-corrected chi connectivity index (χ4v) is 2.85. The van der Waals surface area contributed by atoms with Crippen molar-refractivity contribution in [1.82, 2.24) is 10.2 Å². The Morgan fingerprint density at radius 2 is 2.35 bits per heavy atom. The molecule has 3 N–H and O–H groups in total. The highest BCUT2D eigenvalue weighted by atomic mass is 32.1. The van der Waals surface area contributed by atoms with E-state index < -0.39 is 6.03 Å². The van der Waals surface area contributed by atoms with Crippen LogP contribution in [0.1, 0.15) is 16.9 Å². The number of nitrogens with zero attached hydrogens (tertiary/aromatic N) is 1. The summed E-state index contributed by atoms with van der Waals surface area (Å²) in [5.74, 6) is -0.311. The molecule has 0 spiro atoms. The van der Waals surface area contributed by atoms with Crippen LogP contribution in [-0.2, 0) is 17.8 Å². The number of nitrogens with one attached hydrogen (secondary N) is 1. The molecule has 0 aliphatic carbocycles. The van der Waals surface area contributed by atoms with Crippen LogP contribution in [0.4, 0.5) is 4.79 Å². The van der Waals surface area contributed by atoms with E-state index in [0.29, 0.717) is 13.0 Å². The molecule has 2 rings (SSSR count). The Kier molecular flexibility index (Phi) is 3.75. The summed E-state index contributed by atoms with van der Waals surface area (Å²) < 4.78 is 0. The van der Waals surface area contributed by atoms with E-state index in [1.54, 1.807) is 11.3 Å². The molecule has 0 saturated carbocycles. The molecule has 1 aliphatic heterocycles. The molecule has 0 bridgehead atoms. The van der Waals surface area contributed by atoms with Crippen LogP contribution in [0, 0.1) is 0 Å². The number of amides is 3. The summed E-state index contributed by atoms with van der Waals surface area (Å²) in [7, 11) is 0. The topological polar surface area (TPSA) is 75.4 Å². The van der Waals surface area contributed by atoms with Gasteiger partial charge in [-0.05, 0) is 23.4 Å². The zero-order chi connectivity index (χ0) is 12.3. The summed E-state index contributed by atoms with van der Waals surface area (Å²) in [6.45, 7) is 2.52. The van der Waals surface area contributed by atoms with Crippen LogP contribution in [0.15, 0.2) is 11.4 Å². The van der Waals surface area contributed by atoms with Crippen LogP contribution in [0.5, 0.6) is 0 Å². The second-order valence-electron chi connectivity index (χ2n) is 4.06. The fraction of sp³-hybridized carbons (Fsp3) is 0.455. The van der Waals surface area contributed by atoms with Crippen LogP contribution in [0.2, 0.25) is 0 Å². The summed E-state index contributed by atoms with van der Waals surface area (Å²) in [5.41, 5.74) is 6.23. The number of hydrogen-bond acceptors (Lipinski definition) is 4. The quantitative estimate of drug-likeness (QED) is 0.832. The molecular formula is C11H15N3O2S. The first kappa shape index (κ1) is 12.1. The van der Waals surface area contributed by atoms with E-state index in [2.05, 4.69) is 21.7 Å². The van der Waals surface area contributed by atoms with Crippen LogP contribution in [0.3, 0.4) is 0 Å². The zero-order valence-corrected chi connectivity index (χ0v) is 10.3. The molecule has 0 fully saturated rings. The Hall–Kier alpha value is -1.40. The number of nitrogens with two attached hydrogens (primary N) is 1. The lowest BCUT2D eigenvalue weighted by molar-refractivity contribution is -0.120. The lowest BCUT2D eigenvalue weighted by Crippen LogP contribution is -2.38. The summed E-state index contributed by atoms with van der Waals surface area (Å²) in [6.07, 6.45) is 1.35. The van der Waals surface area contributed by atoms with Gasteiger partial charge in [0.25, 0.3) is 0 Å². The second-order valence-corrected chi connectivity index (χ2v) is 5.06. The van der Waals surface area contributed by atoms with E-state index in [4.69, 9.17) is 5.73 Å². The van der Waals surface area contributed by atoms with Crippen molar-refractivity contribution in [2.45, 2.75) is 19.4 Å². The number of hydrogen-bond donors (Lipinski definition) is 2. The Balaban J connectivity index is 1.78. The monoisotopic (exact) mass is 253 g/mol. The molecule has 0 unspecified atom stereocenters. The lowest BCUT2D eigenvalue weighted by atomic mass is 10.1. The molecule has 5 nitrogen and oxygen atoms in total. The van der Waals surface area contributed by atoms with Gasteiger partial charge < -0.3 is 5.73 Å². The van der Waals surface area contributed by atoms with Crippen LogP contribution in [-0.4, -0.2) is 29.9 Å². The van der Waals surface area contributed by atoms with E-state index >= 15 is 0 Å². The predicted molar refractivity (Wildman–Crippen MR) is 65.6 cm³/mol. The molecule has 6 heteroatoms. The van der Waals surface area contributed by atoms with Crippen molar-refractivity contribution < 1.29 is 9.59 Å². The van der Waals surface area contributed by atoms with E-state index in [0.717, 1.165) is 19.5 Å². The van der Waals surface area contributed by atoms with E-state index in [-0.39, 0.29) is 5.91 Å². The second kappa shape index (κ2) is 5.29. The molecule has 1 aromatic heterocycles. The van der Waals surface area contributed by atoms with E-state index in [1.807, 2.05) is 0 Å². The lowest BCUT2D eigenvalue weighted by Gasteiger charge is -2.26. The summed E-state index contributed by atoms with van der Waals surface area (Å²) in [4.78, 5) is 25.4. The molecule has 0 saturated heterocycles. The number of imide groups is 1. The van der Waals surface area contributed by atoms with Crippen LogP contribution in [0.25, 0.3) is 0 Å². The number of carbonyl (C=O) groups is 2. The number of thiophene rings is 1. The summed E-state index contributed by atoms with van der Waals surface area (Å²) >= 11 is 1.79. The van der Waals surface area contributed by atoms with Gasteiger partial charge in [-0.3, -0.25) is 15.0 Å². The van der Waals surface area contributed by atoms with Crippen molar-refractivity contribution in [3.63, 3.8) is 0 Å². The SMILES string of the molecule is NC(=O)NC(=O)CCN1CCc2sccc2C1.